The van der Waals surface area contributed by atoms with Gasteiger partial charge in [-0.1, -0.05) is 0 Å². The van der Waals surface area contributed by atoms with Crippen LogP contribution in [0.4, 0.5) is 4.39 Å². The monoisotopic (exact) mass is 312 g/mol. The molecule has 6 nitrogen and oxygen atoms in total. The summed E-state index contributed by atoms with van der Waals surface area (Å²) in [5.74, 6) is -2.52. The Bertz CT molecular complexity index is 378. The number of rotatable bonds is 7. The van der Waals surface area contributed by atoms with E-state index in [1.165, 1.54) is 14.2 Å². The molecule has 2 N–H and O–H groups in total. The minimum Gasteiger partial charge on any atom is -0.353 e. The molecule has 0 bridgehead atoms. The van der Waals surface area contributed by atoms with Gasteiger partial charge in [0.15, 0.2) is 17.7 Å². The third kappa shape index (κ3) is 4.33. The van der Waals surface area contributed by atoms with E-state index in [1.807, 2.05) is 0 Å². The SMILES string of the molecule is COC(CCCP(=O)(O)O)(OC)C1CCCC(=O)C1F. The Balaban J connectivity index is 2.79. The Morgan fingerprint density at radius 2 is 2.00 bits per heavy atom. The first kappa shape index (κ1) is 17.7. The van der Waals surface area contributed by atoms with Gasteiger partial charge in [-0.05, 0) is 19.3 Å². The highest BCUT2D eigenvalue weighted by Gasteiger charge is 2.47. The van der Waals surface area contributed by atoms with Crippen molar-refractivity contribution in [3.63, 3.8) is 0 Å². The minimum atomic E-state index is -4.11. The van der Waals surface area contributed by atoms with Crippen LogP contribution in [0.1, 0.15) is 32.1 Å². The van der Waals surface area contributed by atoms with Crippen LogP contribution >= 0.6 is 7.60 Å². The highest BCUT2D eigenvalue weighted by Crippen LogP contribution is 2.41. The number of methoxy groups -OCH3 is 2. The normalized spacial score (nSPS) is 24.9. The van der Waals surface area contributed by atoms with Crippen LogP contribution in [0.15, 0.2) is 0 Å². The summed E-state index contributed by atoms with van der Waals surface area (Å²) in [4.78, 5) is 29.2. The summed E-state index contributed by atoms with van der Waals surface area (Å²) in [6.45, 7) is 0. The van der Waals surface area contributed by atoms with Crippen LogP contribution in [0, 0.1) is 5.92 Å². The predicted octanol–water partition coefficient (Wildman–Crippen LogP) is 1.64. The first-order valence-corrected chi connectivity index (χ1v) is 8.37. The fourth-order valence-corrected chi connectivity index (χ4v) is 3.32. The molecule has 0 aliphatic heterocycles. The van der Waals surface area contributed by atoms with Crippen LogP contribution in [0.5, 0.6) is 0 Å². The van der Waals surface area contributed by atoms with Crippen LogP contribution in [-0.4, -0.2) is 47.9 Å². The van der Waals surface area contributed by atoms with Gasteiger partial charge in [0, 0.05) is 27.1 Å². The zero-order chi connectivity index (χ0) is 15.4. The van der Waals surface area contributed by atoms with Gasteiger partial charge in [0.05, 0.1) is 12.1 Å². The second kappa shape index (κ2) is 7.09. The van der Waals surface area contributed by atoms with Crippen LogP contribution < -0.4 is 0 Å². The Morgan fingerprint density at radius 1 is 1.40 bits per heavy atom. The summed E-state index contributed by atoms with van der Waals surface area (Å²) in [5.41, 5.74) is 0. The van der Waals surface area contributed by atoms with Crippen LogP contribution in [0.3, 0.4) is 0 Å². The molecule has 0 radical (unpaired) electrons. The van der Waals surface area contributed by atoms with E-state index in [2.05, 4.69) is 0 Å². The number of hydrogen-bond donors (Lipinski definition) is 2. The number of ketones is 1. The lowest BCUT2D eigenvalue weighted by atomic mass is 9.79. The number of alkyl halides is 1. The molecule has 118 valence electrons. The molecule has 20 heavy (non-hydrogen) atoms. The van der Waals surface area contributed by atoms with Crippen molar-refractivity contribution >= 4 is 13.4 Å². The van der Waals surface area contributed by atoms with Crippen molar-refractivity contribution in [2.75, 3.05) is 20.4 Å². The lowest BCUT2D eigenvalue weighted by molar-refractivity contribution is -0.256. The number of carbonyl (C=O) groups excluding carboxylic acids is 1. The summed E-state index contributed by atoms with van der Waals surface area (Å²) in [6, 6.07) is 0. The molecule has 8 heteroatoms. The summed E-state index contributed by atoms with van der Waals surface area (Å²) in [6.07, 6.45) is -0.490. The number of hydrogen-bond acceptors (Lipinski definition) is 4. The molecule has 0 saturated heterocycles. The van der Waals surface area contributed by atoms with Crippen molar-refractivity contribution in [1.82, 2.24) is 0 Å². The molecule has 1 saturated carbocycles. The number of Topliss-reactive ketones (excluding diaryl/α,β-unsaturated/α-hetero) is 1. The molecule has 0 heterocycles. The summed E-state index contributed by atoms with van der Waals surface area (Å²) in [5, 5.41) is 0. The van der Waals surface area contributed by atoms with Crippen molar-refractivity contribution in [3.8, 4) is 0 Å². The second-order valence-corrected chi connectivity index (χ2v) is 6.86. The number of halogens is 1. The Morgan fingerprint density at radius 3 is 2.50 bits per heavy atom. The Hall–Kier alpha value is -0.330. The van der Waals surface area contributed by atoms with Crippen molar-refractivity contribution in [3.05, 3.63) is 0 Å². The number of ether oxygens (including phenoxy) is 2. The zero-order valence-electron chi connectivity index (χ0n) is 11.7. The maximum atomic E-state index is 14.1. The molecule has 0 aromatic heterocycles. The molecule has 1 fully saturated rings. The van der Waals surface area contributed by atoms with E-state index in [1.54, 1.807) is 0 Å². The fourth-order valence-electron chi connectivity index (χ4n) is 2.75. The average Bonchev–Trinajstić information content (AvgIpc) is 2.37. The lowest BCUT2D eigenvalue weighted by Crippen LogP contribution is -2.50. The van der Waals surface area contributed by atoms with Gasteiger partial charge in [-0.2, -0.15) is 0 Å². The third-order valence-electron chi connectivity index (χ3n) is 3.83. The molecule has 2 unspecified atom stereocenters. The fraction of sp³-hybridized carbons (Fsp3) is 0.917. The topological polar surface area (TPSA) is 93.1 Å². The van der Waals surface area contributed by atoms with Crippen LogP contribution in [-0.2, 0) is 18.8 Å². The maximum Gasteiger partial charge on any atom is 0.325 e. The summed E-state index contributed by atoms with van der Waals surface area (Å²) < 4.78 is 35.6. The third-order valence-corrected chi connectivity index (χ3v) is 4.73. The molecule has 1 rings (SSSR count). The molecule has 0 aromatic carbocycles. The first-order chi connectivity index (χ1) is 9.25. The van der Waals surface area contributed by atoms with Crippen molar-refractivity contribution in [2.45, 2.75) is 44.1 Å². The van der Waals surface area contributed by atoms with Gasteiger partial charge in [-0.15, -0.1) is 0 Å². The number of carbonyl (C=O) groups is 1. The standard InChI is InChI=1S/C12H22FO6P/c1-18-12(19-2,7-4-8-20(15,16)17)9-5-3-6-10(14)11(9)13/h9,11H,3-8H2,1-2H3,(H2,15,16,17). The van der Waals surface area contributed by atoms with Gasteiger partial charge in [0.25, 0.3) is 0 Å². The van der Waals surface area contributed by atoms with Gasteiger partial charge >= 0.3 is 7.60 Å². The average molecular weight is 312 g/mol. The predicted molar refractivity (Wildman–Crippen MR) is 70.1 cm³/mol. The van der Waals surface area contributed by atoms with E-state index in [-0.39, 0.29) is 25.4 Å². The largest absolute Gasteiger partial charge is 0.353 e. The molecular weight excluding hydrogens is 290 g/mol. The van der Waals surface area contributed by atoms with E-state index in [9.17, 15) is 13.8 Å². The van der Waals surface area contributed by atoms with Gasteiger partial charge < -0.3 is 19.3 Å². The van der Waals surface area contributed by atoms with Crippen molar-refractivity contribution in [1.29, 1.82) is 0 Å². The molecule has 1 aliphatic rings. The summed E-state index contributed by atoms with van der Waals surface area (Å²) >= 11 is 0. The van der Waals surface area contributed by atoms with Crippen molar-refractivity contribution in [2.24, 2.45) is 5.92 Å². The first-order valence-electron chi connectivity index (χ1n) is 6.57. The lowest BCUT2D eigenvalue weighted by Gasteiger charge is -2.41. The van der Waals surface area contributed by atoms with E-state index in [4.69, 9.17) is 19.3 Å². The van der Waals surface area contributed by atoms with Gasteiger partial charge in [-0.3, -0.25) is 9.36 Å². The van der Waals surface area contributed by atoms with E-state index >= 15 is 0 Å². The van der Waals surface area contributed by atoms with Crippen LogP contribution in [0.25, 0.3) is 0 Å². The van der Waals surface area contributed by atoms with Crippen molar-refractivity contribution < 1.29 is 33.0 Å². The second-order valence-electron chi connectivity index (χ2n) is 5.08. The summed E-state index contributed by atoms with van der Waals surface area (Å²) in [7, 11) is -1.40. The quantitative estimate of drug-likeness (QED) is 0.548. The van der Waals surface area contributed by atoms with E-state index in [0.717, 1.165) is 0 Å². The molecular formula is C12H22FO6P. The van der Waals surface area contributed by atoms with Gasteiger partial charge in [0.1, 0.15) is 0 Å². The Labute approximate surface area is 117 Å². The smallest absolute Gasteiger partial charge is 0.325 e. The van der Waals surface area contributed by atoms with Crippen LogP contribution in [0.2, 0.25) is 0 Å². The molecule has 0 aromatic rings. The molecule has 0 spiro atoms. The molecule has 2 atom stereocenters. The minimum absolute atomic E-state index is 0.128. The van der Waals surface area contributed by atoms with Gasteiger partial charge in [-0.25, -0.2) is 4.39 Å². The zero-order valence-corrected chi connectivity index (χ0v) is 12.6. The maximum absolute atomic E-state index is 14.1. The Kier molecular flexibility index (Phi) is 6.28. The highest BCUT2D eigenvalue weighted by atomic mass is 31.2. The van der Waals surface area contributed by atoms with E-state index in [0.29, 0.717) is 12.8 Å². The molecule has 1 aliphatic carbocycles. The molecule has 0 amide bonds. The van der Waals surface area contributed by atoms with Gasteiger partial charge in [0.2, 0.25) is 0 Å². The van der Waals surface area contributed by atoms with E-state index < -0.39 is 31.3 Å². The highest BCUT2D eigenvalue weighted by molar-refractivity contribution is 7.51.